The van der Waals surface area contributed by atoms with Crippen molar-refractivity contribution in [1.82, 2.24) is 15.0 Å². The molecule has 0 aliphatic rings. The molecule has 1 rings (SSSR count). The van der Waals surface area contributed by atoms with Gasteiger partial charge in [0.25, 0.3) is 5.16 Å². The van der Waals surface area contributed by atoms with E-state index in [1.54, 1.807) is 0 Å². The van der Waals surface area contributed by atoms with Crippen molar-refractivity contribution in [2.45, 2.75) is 5.16 Å². The van der Waals surface area contributed by atoms with Gasteiger partial charge in [0.05, 0.1) is 0 Å². The average Bonchev–Trinajstić information content (AvgIpc) is 1.86. The Morgan fingerprint density at radius 3 is 2.45 bits per heavy atom. The first-order chi connectivity index (χ1) is 5.00. The van der Waals surface area contributed by atoms with E-state index in [1.807, 2.05) is 0 Å². The highest BCUT2D eigenvalue weighted by molar-refractivity contribution is 7.85. The molecule has 1 heterocycles. The Labute approximate surface area is 67.0 Å². The highest BCUT2D eigenvalue weighted by atomic mass is 35.5. The summed E-state index contributed by atoms with van der Waals surface area (Å²) in [6.45, 7) is 0. The Morgan fingerprint density at radius 2 is 2.09 bits per heavy atom. The topological polar surface area (TPSA) is 93.0 Å². The van der Waals surface area contributed by atoms with E-state index in [-0.39, 0.29) is 5.28 Å². The predicted octanol–water partition coefficient (Wildman–Crippen LogP) is -0.228. The first-order valence-corrected chi connectivity index (χ1v) is 4.14. The van der Waals surface area contributed by atoms with Crippen LogP contribution in [0.3, 0.4) is 0 Å². The molecule has 60 valence electrons. The van der Waals surface area contributed by atoms with Crippen LogP contribution in [-0.2, 0) is 10.1 Å². The van der Waals surface area contributed by atoms with Crippen molar-refractivity contribution in [3.8, 4) is 0 Å². The minimum atomic E-state index is -4.37. The van der Waals surface area contributed by atoms with Gasteiger partial charge in [0, 0.05) is 0 Å². The lowest BCUT2D eigenvalue weighted by atomic mass is 11.1. The second-order valence-corrected chi connectivity index (χ2v) is 3.17. The Bertz CT molecular complexity index is 364. The van der Waals surface area contributed by atoms with Crippen LogP contribution in [0.1, 0.15) is 0 Å². The summed E-state index contributed by atoms with van der Waals surface area (Å²) in [5, 5.41) is -1.04. The quantitative estimate of drug-likeness (QED) is 0.623. The van der Waals surface area contributed by atoms with Crippen molar-refractivity contribution in [2.24, 2.45) is 0 Å². The molecule has 0 aromatic carbocycles. The zero-order valence-corrected chi connectivity index (χ0v) is 6.54. The zero-order chi connectivity index (χ0) is 8.48. The van der Waals surface area contributed by atoms with Gasteiger partial charge in [-0.1, -0.05) is 0 Å². The number of aromatic nitrogens is 3. The van der Waals surface area contributed by atoms with Gasteiger partial charge in [-0.15, -0.1) is 0 Å². The summed E-state index contributed by atoms with van der Waals surface area (Å²) in [7, 11) is -4.37. The fraction of sp³-hybridized carbons (Fsp3) is 0. The standard InChI is InChI=1S/C3H2ClN3O3S/c4-2-5-1-6-3(7-2)11(8,9)10/h1H,(H,8,9,10). The summed E-state index contributed by atoms with van der Waals surface area (Å²) in [6, 6.07) is 0. The van der Waals surface area contributed by atoms with Crippen LogP contribution in [0, 0.1) is 0 Å². The third-order valence-electron chi connectivity index (χ3n) is 0.751. The summed E-state index contributed by atoms with van der Waals surface area (Å²) in [5.41, 5.74) is 0. The van der Waals surface area contributed by atoms with Gasteiger partial charge in [-0.05, 0) is 11.6 Å². The van der Waals surface area contributed by atoms with Gasteiger partial charge in [-0.2, -0.15) is 13.4 Å². The largest absolute Gasteiger partial charge is 0.330 e. The summed E-state index contributed by atoms with van der Waals surface area (Å²) < 4.78 is 29.0. The molecule has 0 bridgehead atoms. The fourth-order valence-electron chi connectivity index (χ4n) is 0.387. The first kappa shape index (κ1) is 8.31. The van der Waals surface area contributed by atoms with Gasteiger partial charge < -0.3 is 0 Å². The molecule has 11 heavy (non-hydrogen) atoms. The number of rotatable bonds is 1. The Kier molecular flexibility index (Phi) is 2.03. The number of hydrogen-bond donors (Lipinski definition) is 1. The van der Waals surface area contributed by atoms with Crippen LogP contribution in [0.5, 0.6) is 0 Å². The average molecular weight is 196 g/mol. The van der Waals surface area contributed by atoms with E-state index in [0.717, 1.165) is 6.33 Å². The fourth-order valence-corrected chi connectivity index (χ4v) is 0.943. The SMILES string of the molecule is O=S(=O)(O)c1ncnc(Cl)n1. The molecular formula is C3H2ClN3O3S. The molecule has 1 aromatic heterocycles. The lowest BCUT2D eigenvalue weighted by Gasteiger charge is -1.92. The predicted molar refractivity (Wildman–Crippen MR) is 34.7 cm³/mol. The molecule has 0 amide bonds. The van der Waals surface area contributed by atoms with Crippen LogP contribution >= 0.6 is 11.6 Å². The number of hydrogen-bond acceptors (Lipinski definition) is 5. The minimum absolute atomic E-state index is 0.285. The van der Waals surface area contributed by atoms with Crippen LogP contribution in [0.25, 0.3) is 0 Å². The smallest absolute Gasteiger partial charge is 0.279 e. The van der Waals surface area contributed by atoms with Crippen molar-refractivity contribution in [3.05, 3.63) is 11.6 Å². The third-order valence-corrected chi connectivity index (χ3v) is 1.59. The molecule has 6 nitrogen and oxygen atoms in total. The maximum absolute atomic E-state index is 10.3. The van der Waals surface area contributed by atoms with Crippen molar-refractivity contribution >= 4 is 21.7 Å². The van der Waals surface area contributed by atoms with Crippen LogP contribution in [-0.4, -0.2) is 27.9 Å². The van der Waals surface area contributed by atoms with Gasteiger partial charge >= 0.3 is 10.1 Å². The van der Waals surface area contributed by atoms with Crippen LogP contribution in [0.15, 0.2) is 11.5 Å². The second-order valence-electron chi connectivity index (χ2n) is 1.51. The minimum Gasteiger partial charge on any atom is -0.279 e. The first-order valence-electron chi connectivity index (χ1n) is 2.32. The van der Waals surface area contributed by atoms with E-state index >= 15 is 0 Å². The van der Waals surface area contributed by atoms with Gasteiger partial charge in [-0.3, -0.25) is 4.55 Å². The summed E-state index contributed by atoms with van der Waals surface area (Å²) in [4.78, 5) is 9.64. The van der Waals surface area contributed by atoms with E-state index in [2.05, 4.69) is 15.0 Å². The summed E-state index contributed by atoms with van der Waals surface area (Å²) >= 11 is 5.21. The van der Waals surface area contributed by atoms with Crippen LogP contribution in [0.4, 0.5) is 0 Å². The molecule has 0 fully saturated rings. The van der Waals surface area contributed by atoms with E-state index in [1.165, 1.54) is 0 Å². The molecule has 8 heteroatoms. The lowest BCUT2D eigenvalue weighted by Crippen LogP contribution is -2.04. The van der Waals surface area contributed by atoms with Crippen LogP contribution < -0.4 is 0 Å². The summed E-state index contributed by atoms with van der Waals surface area (Å²) in [5.74, 6) is 0. The lowest BCUT2D eigenvalue weighted by molar-refractivity contribution is 0.473. The molecule has 0 atom stereocenters. The summed E-state index contributed by atoms with van der Waals surface area (Å²) in [6.07, 6.45) is 0.887. The highest BCUT2D eigenvalue weighted by Gasteiger charge is 2.13. The van der Waals surface area contributed by atoms with E-state index in [0.29, 0.717) is 0 Å². The number of nitrogens with zero attached hydrogens (tertiary/aromatic N) is 3. The van der Waals surface area contributed by atoms with E-state index in [4.69, 9.17) is 16.2 Å². The number of halogens is 1. The Balaban J connectivity index is 3.28. The van der Waals surface area contributed by atoms with Crippen LogP contribution in [0.2, 0.25) is 5.28 Å². The monoisotopic (exact) mass is 195 g/mol. The molecule has 1 aromatic rings. The van der Waals surface area contributed by atoms with Gasteiger partial charge in [0.1, 0.15) is 6.33 Å². The molecule has 0 aliphatic heterocycles. The van der Waals surface area contributed by atoms with Gasteiger partial charge in [0.15, 0.2) is 0 Å². The Hall–Kier alpha value is -0.790. The van der Waals surface area contributed by atoms with E-state index < -0.39 is 15.3 Å². The molecule has 0 unspecified atom stereocenters. The molecule has 0 spiro atoms. The molecule has 1 N–H and O–H groups in total. The second kappa shape index (κ2) is 2.68. The molecule has 0 saturated carbocycles. The normalized spacial score (nSPS) is 11.5. The molecule has 0 radical (unpaired) electrons. The van der Waals surface area contributed by atoms with Gasteiger partial charge in [0.2, 0.25) is 5.28 Å². The van der Waals surface area contributed by atoms with Crippen molar-refractivity contribution in [3.63, 3.8) is 0 Å². The molecule has 0 aliphatic carbocycles. The van der Waals surface area contributed by atoms with E-state index in [9.17, 15) is 8.42 Å². The maximum atomic E-state index is 10.3. The Morgan fingerprint density at radius 1 is 1.45 bits per heavy atom. The molecular weight excluding hydrogens is 194 g/mol. The third kappa shape index (κ3) is 2.07. The van der Waals surface area contributed by atoms with Crippen molar-refractivity contribution in [2.75, 3.05) is 0 Å². The molecule has 0 saturated heterocycles. The van der Waals surface area contributed by atoms with Crippen molar-refractivity contribution in [1.29, 1.82) is 0 Å². The maximum Gasteiger partial charge on any atom is 0.330 e. The van der Waals surface area contributed by atoms with Gasteiger partial charge in [-0.25, -0.2) is 9.97 Å². The highest BCUT2D eigenvalue weighted by Crippen LogP contribution is 2.02. The van der Waals surface area contributed by atoms with Crippen molar-refractivity contribution < 1.29 is 13.0 Å². The zero-order valence-electron chi connectivity index (χ0n) is 4.97.